The van der Waals surface area contributed by atoms with Gasteiger partial charge in [0.15, 0.2) is 0 Å². The summed E-state index contributed by atoms with van der Waals surface area (Å²) in [7, 11) is 0. The summed E-state index contributed by atoms with van der Waals surface area (Å²) in [5, 5.41) is 2.03. The third kappa shape index (κ3) is 4.60. The fourth-order valence-electron chi connectivity index (χ4n) is 2.51. The van der Waals surface area contributed by atoms with Crippen molar-refractivity contribution in [3.63, 3.8) is 0 Å². The minimum atomic E-state index is -0.278. The zero-order valence-corrected chi connectivity index (χ0v) is 14.6. The molecule has 0 heterocycles. The van der Waals surface area contributed by atoms with Gasteiger partial charge in [-0.1, -0.05) is 56.3 Å². The van der Waals surface area contributed by atoms with Crippen LogP contribution in [0.15, 0.2) is 66.7 Å². The highest BCUT2D eigenvalue weighted by molar-refractivity contribution is 5.95. The zero-order chi connectivity index (χ0) is 17.6. The second kappa shape index (κ2) is 7.84. The normalized spacial score (nSPS) is 10.8. The molecule has 0 saturated carbocycles. The molecule has 25 heavy (non-hydrogen) atoms. The lowest BCUT2D eigenvalue weighted by molar-refractivity contribution is 0.0459. The van der Waals surface area contributed by atoms with Crippen molar-refractivity contribution in [2.45, 2.75) is 20.5 Å². The molecule has 0 N–H and O–H groups in total. The zero-order valence-electron chi connectivity index (χ0n) is 14.6. The van der Waals surface area contributed by atoms with Crippen LogP contribution < -0.4 is 4.74 Å². The van der Waals surface area contributed by atoms with E-state index < -0.39 is 0 Å². The molecule has 0 aliphatic rings. The third-order valence-corrected chi connectivity index (χ3v) is 3.84. The Bertz CT molecular complexity index is 854. The molecular weight excluding hydrogens is 312 g/mol. The predicted octanol–water partition coefficient (Wildman–Crippen LogP) is 5.23. The molecule has 0 saturated heterocycles. The smallest absolute Gasteiger partial charge is 0.338 e. The van der Waals surface area contributed by atoms with Crippen LogP contribution in [0.1, 0.15) is 29.8 Å². The maximum atomic E-state index is 12.1. The average molecular weight is 334 g/mol. The van der Waals surface area contributed by atoms with Crippen molar-refractivity contribution in [3.05, 3.63) is 77.9 Å². The van der Waals surface area contributed by atoms with E-state index in [0.717, 1.165) is 22.1 Å². The highest BCUT2D eigenvalue weighted by atomic mass is 16.5. The van der Waals surface area contributed by atoms with E-state index in [4.69, 9.17) is 9.47 Å². The highest BCUT2D eigenvalue weighted by Gasteiger charge is 2.09. The first-order valence-corrected chi connectivity index (χ1v) is 8.49. The molecule has 0 aliphatic heterocycles. The van der Waals surface area contributed by atoms with Gasteiger partial charge in [-0.2, -0.15) is 0 Å². The van der Waals surface area contributed by atoms with Gasteiger partial charge in [0.05, 0.1) is 12.2 Å². The van der Waals surface area contributed by atoms with Gasteiger partial charge in [0.25, 0.3) is 0 Å². The van der Waals surface area contributed by atoms with E-state index in [2.05, 4.69) is 0 Å². The van der Waals surface area contributed by atoms with Crippen molar-refractivity contribution >= 4 is 16.7 Å². The van der Waals surface area contributed by atoms with Gasteiger partial charge >= 0.3 is 5.97 Å². The van der Waals surface area contributed by atoms with Gasteiger partial charge in [0, 0.05) is 0 Å². The molecule has 3 nitrogen and oxygen atoms in total. The first-order chi connectivity index (χ1) is 12.1. The molecule has 0 fully saturated rings. The Morgan fingerprint density at radius 2 is 1.64 bits per heavy atom. The second-order valence-electron chi connectivity index (χ2n) is 6.49. The van der Waals surface area contributed by atoms with E-state index >= 15 is 0 Å². The van der Waals surface area contributed by atoms with Crippen molar-refractivity contribution in [2.75, 3.05) is 6.61 Å². The van der Waals surface area contributed by atoms with Crippen LogP contribution in [0.5, 0.6) is 5.75 Å². The van der Waals surface area contributed by atoms with Crippen molar-refractivity contribution in [1.82, 2.24) is 0 Å². The van der Waals surface area contributed by atoms with Crippen LogP contribution in [0.4, 0.5) is 0 Å². The van der Waals surface area contributed by atoms with E-state index in [1.807, 2.05) is 74.5 Å². The van der Waals surface area contributed by atoms with E-state index in [0.29, 0.717) is 24.7 Å². The first-order valence-electron chi connectivity index (χ1n) is 8.49. The van der Waals surface area contributed by atoms with Gasteiger partial charge in [-0.25, -0.2) is 4.79 Å². The van der Waals surface area contributed by atoms with Crippen molar-refractivity contribution in [3.8, 4) is 5.75 Å². The molecule has 3 aromatic rings. The van der Waals surface area contributed by atoms with Crippen LogP contribution in [0.25, 0.3) is 10.8 Å². The summed E-state index contributed by atoms with van der Waals surface area (Å²) < 4.78 is 11.1. The van der Waals surface area contributed by atoms with Gasteiger partial charge in [0.1, 0.15) is 12.4 Å². The SMILES string of the molecule is CC(C)COC(=O)c1ccc2cc(OCc3ccccc3)ccc2c1. The van der Waals surface area contributed by atoms with E-state index in [1.54, 1.807) is 6.07 Å². The lowest BCUT2D eigenvalue weighted by atomic mass is 10.1. The number of ether oxygens (including phenoxy) is 2. The largest absolute Gasteiger partial charge is 0.489 e. The fraction of sp³-hybridized carbons (Fsp3) is 0.227. The molecule has 3 rings (SSSR count). The summed E-state index contributed by atoms with van der Waals surface area (Å²) in [6.45, 7) is 5.00. The minimum absolute atomic E-state index is 0.278. The Morgan fingerprint density at radius 3 is 2.40 bits per heavy atom. The van der Waals surface area contributed by atoms with Gasteiger partial charge in [-0.15, -0.1) is 0 Å². The summed E-state index contributed by atoms with van der Waals surface area (Å²) in [4.78, 5) is 12.1. The first kappa shape index (κ1) is 17.0. The summed E-state index contributed by atoms with van der Waals surface area (Å²) in [5.41, 5.74) is 1.71. The van der Waals surface area contributed by atoms with E-state index in [-0.39, 0.29) is 5.97 Å². The van der Waals surface area contributed by atoms with Crippen LogP contribution >= 0.6 is 0 Å². The maximum absolute atomic E-state index is 12.1. The number of hydrogen-bond acceptors (Lipinski definition) is 3. The molecule has 0 aromatic heterocycles. The average Bonchev–Trinajstić information content (AvgIpc) is 2.64. The van der Waals surface area contributed by atoms with Gasteiger partial charge in [-0.05, 0) is 46.5 Å². The van der Waals surface area contributed by atoms with Gasteiger partial charge in [0.2, 0.25) is 0 Å². The van der Waals surface area contributed by atoms with Crippen LogP contribution in [0, 0.1) is 5.92 Å². The molecule has 0 amide bonds. The number of hydrogen-bond donors (Lipinski definition) is 0. The molecule has 0 radical (unpaired) electrons. The molecule has 0 aliphatic carbocycles. The van der Waals surface area contributed by atoms with Gasteiger partial charge in [-0.3, -0.25) is 0 Å². The molecule has 0 spiro atoms. The Hall–Kier alpha value is -2.81. The highest BCUT2D eigenvalue weighted by Crippen LogP contribution is 2.23. The van der Waals surface area contributed by atoms with Crippen LogP contribution in [0.2, 0.25) is 0 Å². The Kier molecular flexibility index (Phi) is 5.34. The predicted molar refractivity (Wildman–Crippen MR) is 99.8 cm³/mol. The fourth-order valence-corrected chi connectivity index (χ4v) is 2.51. The Labute approximate surface area is 148 Å². The van der Waals surface area contributed by atoms with E-state index in [9.17, 15) is 4.79 Å². The topological polar surface area (TPSA) is 35.5 Å². The Morgan fingerprint density at radius 1 is 0.920 bits per heavy atom. The summed E-state index contributed by atoms with van der Waals surface area (Å²) in [6.07, 6.45) is 0. The molecular formula is C22H22O3. The molecule has 0 atom stereocenters. The summed E-state index contributed by atoms with van der Waals surface area (Å²) in [5.74, 6) is 0.861. The Balaban J connectivity index is 1.71. The van der Waals surface area contributed by atoms with Crippen molar-refractivity contribution in [2.24, 2.45) is 5.92 Å². The minimum Gasteiger partial charge on any atom is -0.489 e. The summed E-state index contributed by atoms with van der Waals surface area (Å²) >= 11 is 0. The molecule has 3 aromatic carbocycles. The number of rotatable bonds is 6. The van der Waals surface area contributed by atoms with Crippen LogP contribution in [-0.4, -0.2) is 12.6 Å². The summed E-state index contributed by atoms with van der Waals surface area (Å²) in [6, 6.07) is 21.5. The van der Waals surface area contributed by atoms with Gasteiger partial charge < -0.3 is 9.47 Å². The van der Waals surface area contributed by atoms with Crippen molar-refractivity contribution in [1.29, 1.82) is 0 Å². The maximum Gasteiger partial charge on any atom is 0.338 e. The standard InChI is InChI=1S/C22H22O3/c1-16(2)14-25-22(23)20-9-8-19-13-21(11-10-18(19)12-20)24-15-17-6-4-3-5-7-17/h3-13,16H,14-15H2,1-2H3. The molecule has 128 valence electrons. The lowest BCUT2D eigenvalue weighted by Gasteiger charge is -2.09. The molecule has 0 bridgehead atoms. The van der Waals surface area contributed by atoms with Crippen molar-refractivity contribution < 1.29 is 14.3 Å². The number of esters is 1. The number of fused-ring (bicyclic) bond motifs is 1. The van der Waals surface area contributed by atoms with Crippen LogP contribution in [-0.2, 0) is 11.3 Å². The number of carbonyl (C=O) groups excluding carboxylic acids is 1. The third-order valence-electron chi connectivity index (χ3n) is 3.84. The number of benzene rings is 3. The molecule has 0 unspecified atom stereocenters. The quantitative estimate of drug-likeness (QED) is 0.579. The van der Waals surface area contributed by atoms with E-state index in [1.165, 1.54) is 0 Å². The lowest BCUT2D eigenvalue weighted by Crippen LogP contribution is -2.10. The van der Waals surface area contributed by atoms with Crippen LogP contribution in [0.3, 0.4) is 0 Å². The second-order valence-corrected chi connectivity index (χ2v) is 6.49. The molecule has 3 heteroatoms. The monoisotopic (exact) mass is 334 g/mol. The number of carbonyl (C=O) groups is 1.